The first-order chi connectivity index (χ1) is 6.88. The molecule has 3 heteroatoms. The van der Waals surface area contributed by atoms with Crippen LogP contribution in [0, 0.1) is 0 Å². The highest BCUT2D eigenvalue weighted by molar-refractivity contribution is 5.92. The van der Waals surface area contributed by atoms with Gasteiger partial charge in [-0.3, -0.25) is 4.79 Å². The van der Waals surface area contributed by atoms with Gasteiger partial charge < -0.3 is 10.5 Å². The second-order valence-corrected chi connectivity index (χ2v) is 4.46. The van der Waals surface area contributed by atoms with Gasteiger partial charge in [0.05, 0.1) is 12.2 Å². The molecule has 0 aliphatic rings. The number of hydrogen-bond donors (Lipinski definition) is 1. The molecule has 0 spiro atoms. The van der Waals surface area contributed by atoms with Crippen LogP contribution in [0.25, 0.3) is 0 Å². The van der Waals surface area contributed by atoms with E-state index in [2.05, 4.69) is 0 Å². The Hall–Kier alpha value is -1.35. The van der Waals surface area contributed by atoms with Crippen LogP contribution < -0.4 is 5.73 Å². The van der Waals surface area contributed by atoms with Gasteiger partial charge in [-0.2, -0.15) is 0 Å². The van der Waals surface area contributed by atoms with Crippen molar-refractivity contribution in [3.05, 3.63) is 35.4 Å². The molecule has 82 valence electrons. The van der Waals surface area contributed by atoms with Crippen molar-refractivity contribution < 1.29 is 9.53 Å². The zero-order valence-corrected chi connectivity index (χ0v) is 9.41. The molecule has 0 bridgehead atoms. The second kappa shape index (κ2) is 4.45. The van der Waals surface area contributed by atoms with Crippen LogP contribution in [-0.4, -0.2) is 11.5 Å². The number of nitrogens with two attached hydrogens (primary N) is 1. The topological polar surface area (TPSA) is 52.3 Å². The van der Waals surface area contributed by atoms with Gasteiger partial charge in [0.15, 0.2) is 0 Å². The molecule has 3 nitrogen and oxygen atoms in total. The lowest BCUT2D eigenvalue weighted by atomic mass is 10.1. The van der Waals surface area contributed by atoms with Crippen LogP contribution in [0.3, 0.4) is 0 Å². The molecule has 0 saturated heterocycles. The molecule has 0 heterocycles. The largest absolute Gasteiger partial charge is 0.371 e. The Bertz CT molecular complexity index is 336. The molecule has 15 heavy (non-hydrogen) atoms. The molecular weight excluding hydrogens is 190 g/mol. The van der Waals surface area contributed by atoms with E-state index in [1.165, 1.54) is 0 Å². The predicted octanol–water partition coefficient (Wildman–Crippen LogP) is 2.10. The van der Waals surface area contributed by atoms with E-state index in [0.717, 1.165) is 5.56 Å². The van der Waals surface area contributed by atoms with Crippen molar-refractivity contribution in [1.82, 2.24) is 0 Å². The summed E-state index contributed by atoms with van der Waals surface area (Å²) in [6.07, 6.45) is 0. The Kier molecular flexibility index (Phi) is 3.48. The maximum atomic E-state index is 10.8. The molecular formula is C12H17NO2. The molecule has 0 fully saturated rings. The van der Waals surface area contributed by atoms with Crippen molar-refractivity contribution >= 4 is 5.91 Å². The van der Waals surface area contributed by atoms with Gasteiger partial charge in [0, 0.05) is 5.56 Å². The molecule has 0 saturated carbocycles. The van der Waals surface area contributed by atoms with E-state index in [0.29, 0.717) is 12.2 Å². The summed E-state index contributed by atoms with van der Waals surface area (Å²) < 4.78 is 5.60. The van der Waals surface area contributed by atoms with Crippen molar-refractivity contribution in [1.29, 1.82) is 0 Å². The van der Waals surface area contributed by atoms with Crippen LogP contribution in [0.4, 0.5) is 0 Å². The normalized spacial score (nSPS) is 11.4. The predicted molar refractivity (Wildman–Crippen MR) is 59.5 cm³/mol. The van der Waals surface area contributed by atoms with E-state index in [4.69, 9.17) is 10.5 Å². The standard InChI is InChI=1S/C12H17NO2/c1-12(2,3)15-8-9-4-6-10(7-5-9)11(13)14/h4-7H,8H2,1-3H3,(H2,13,14). The number of rotatable bonds is 3. The lowest BCUT2D eigenvalue weighted by Gasteiger charge is -2.19. The molecule has 2 N–H and O–H groups in total. The van der Waals surface area contributed by atoms with Gasteiger partial charge in [-0.1, -0.05) is 12.1 Å². The Morgan fingerprint density at radius 3 is 2.20 bits per heavy atom. The smallest absolute Gasteiger partial charge is 0.248 e. The van der Waals surface area contributed by atoms with Gasteiger partial charge in [-0.25, -0.2) is 0 Å². The molecule has 0 atom stereocenters. The summed E-state index contributed by atoms with van der Waals surface area (Å²) in [4.78, 5) is 10.8. The minimum atomic E-state index is -0.404. The summed E-state index contributed by atoms with van der Waals surface area (Å²) in [7, 11) is 0. The van der Waals surface area contributed by atoms with Gasteiger partial charge in [0.1, 0.15) is 0 Å². The first-order valence-electron chi connectivity index (χ1n) is 4.91. The first-order valence-corrected chi connectivity index (χ1v) is 4.91. The third-order valence-corrected chi connectivity index (χ3v) is 1.91. The van der Waals surface area contributed by atoms with E-state index in [1.54, 1.807) is 12.1 Å². The quantitative estimate of drug-likeness (QED) is 0.825. The van der Waals surface area contributed by atoms with Crippen molar-refractivity contribution in [2.24, 2.45) is 5.73 Å². The first kappa shape index (κ1) is 11.7. The molecule has 1 aromatic rings. The minimum absolute atomic E-state index is 0.150. The molecule has 1 rings (SSSR count). The van der Waals surface area contributed by atoms with Crippen molar-refractivity contribution in [2.75, 3.05) is 0 Å². The lowest BCUT2D eigenvalue weighted by molar-refractivity contribution is -0.0149. The molecule has 0 unspecified atom stereocenters. The molecule has 1 aromatic carbocycles. The van der Waals surface area contributed by atoms with Crippen LogP contribution in [0.2, 0.25) is 0 Å². The molecule has 0 aromatic heterocycles. The fourth-order valence-electron chi connectivity index (χ4n) is 1.07. The van der Waals surface area contributed by atoms with Crippen molar-refractivity contribution in [3.8, 4) is 0 Å². The molecule has 0 radical (unpaired) electrons. The van der Waals surface area contributed by atoms with Crippen LogP contribution in [0.5, 0.6) is 0 Å². The fourth-order valence-corrected chi connectivity index (χ4v) is 1.07. The number of carbonyl (C=O) groups is 1. The summed E-state index contributed by atoms with van der Waals surface area (Å²) in [5, 5.41) is 0. The molecule has 0 aliphatic carbocycles. The van der Waals surface area contributed by atoms with Gasteiger partial charge in [-0.15, -0.1) is 0 Å². The number of primary amides is 1. The van der Waals surface area contributed by atoms with Gasteiger partial charge >= 0.3 is 0 Å². The summed E-state index contributed by atoms with van der Waals surface area (Å²) in [5.74, 6) is -0.404. The zero-order chi connectivity index (χ0) is 11.5. The third-order valence-electron chi connectivity index (χ3n) is 1.91. The van der Waals surface area contributed by atoms with Crippen LogP contribution >= 0.6 is 0 Å². The molecule has 1 amide bonds. The van der Waals surface area contributed by atoms with E-state index < -0.39 is 5.91 Å². The van der Waals surface area contributed by atoms with Crippen molar-refractivity contribution in [3.63, 3.8) is 0 Å². The maximum Gasteiger partial charge on any atom is 0.248 e. The minimum Gasteiger partial charge on any atom is -0.371 e. The number of carbonyl (C=O) groups excluding carboxylic acids is 1. The van der Waals surface area contributed by atoms with Crippen LogP contribution in [0.15, 0.2) is 24.3 Å². The summed E-state index contributed by atoms with van der Waals surface area (Å²) in [6, 6.07) is 7.13. The SMILES string of the molecule is CC(C)(C)OCc1ccc(C(N)=O)cc1. The van der Waals surface area contributed by atoms with E-state index in [-0.39, 0.29) is 5.60 Å². The number of benzene rings is 1. The summed E-state index contributed by atoms with van der Waals surface area (Å²) in [5.41, 5.74) is 6.55. The number of hydrogen-bond acceptors (Lipinski definition) is 2. The van der Waals surface area contributed by atoms with Crippen LogP contribution in [0.1, 0.15) is 36.7 Å². The van der Waals surface area contributed by atoms with Crippen LogP contribution in [-0.2, 0) is 11.3 Å². The monoisotopic (exact) mass is 207 g/mol. The number of amides is 1. The number of ether oxygens (including phenoxy) is 1. The Balaban J connectivity index is 2.61. The Labute approximate surface area is 90.2 Å². The van der Waals surface area contributed by atoms with E-state index in [9.17, 15) is 4.79 Å². The van der Waals surface area contributed by atoms with Gasteiger partial charge in [0.2, 0.25) is 5.91 Å². The average molecular weight is 207 g/mol. The highest BCUT2D eigenvalue weighted by atomic mass is 16.5. The van der Waals surface area contributed by atoms with E-state index in [1.807, 2.05) is 32.9 Å². The van der Waals surface area contributed by atoms with Crippen molar-refractivity contribution in [2.45, 2.75) is 33.0 Å². The lowest BCUT2D eigenvalue weighted by Crippen LogP contribution is -2.18. The summed E-state index contributed by atoms with van der Waals surface area (Å²) >= 11 is 0. The average Bonchev–Trinajstić information content (AvgIpc) is 2.14. The second-order valence-electron chi connectivity index (χ2n) is 4.46. The summed E-state index contributed by atoms with van der Waals surface area (Å²) in [6.45, 7) is 6.56. The zero-order valence-electron chi connectivity index (χ0n) is 9.41. The highest BCUT2D eigenvalue weighted by Crippen LogP contribution is 2.12. The maximum absolute atomic E-state index is 10.8. The Morgan fingerprint density at radius 1 is 1.27 bits per heavy atom. The van der Waals surface area contributed by atoms with E-state index >= 15 is 0 Å². The van der Waals surface area contributed by atoms with Gasteiger partial charge in [0.25, 0.3) is 0 Å². The highest BCUT2D eigenvalue weighted by Gasteiger charge is 2.10. The van der Waals surface area contributed by atoms with Gasteiger partial charge in [-0.05, 0) is 38.5 Å². The molecule has 0 aliphatic heterocycles. The third kappa shape index (κ3) is 4.13. The Morgan fingerprint density at radius 2 is 1.80 bits per heavy atom. The fraction of sp³-hybridized carbons (Fsp3) is 0.417.